The largest absolute Gasteiger partial charge is 0.497 e. The van der Waals surface area contributed by atoms with E-state index in [-0.39, 0.29) is 5.91 Å². The van der Waals surface area contributed by atoms with Crippen LogP contribution in [0.5, 0.6) is 5.75 Å². The number of benzene rings is 3. The summed E-state index contributed by atoms with van der Waals surface area (Å²) in [7, 11) is 1.69. The van der Waals surface area contributed by atoms with Gasteiger partial charge < -0.3 is 9.64 Å². The van der Waals surface area contributed by atoms with E-state index in [1.165, 1.54) is 16.7 Å². The van der Waals surface area contributed by atoms with Crippen LogP contribution >= 0.6 is 0 Å². The van der Waals surface area contributed by atoms with Crippen LogP contribution in [-0.2, 0) is 17.8 Å². The third-order valence-electron chi connectivity index (χ3n) is 5.53. The quantitative estimate of drug-likeness (QED) is 0.426. The first-order chi connectivity index (χ1) is 14.7. The first-order valence-electron chi connectivity index (χ1n) is 10.7. The highest BCUT2D eigenvalue weighted by Gasteiger charge is 2.18. The van der Waals surface area contributed by atoms with E-state index in [9.17, 15) is 4.79 Å². The van der Waals surface area contributed by atoms with Gasteiger partial charge in [-0.2, -0.15) is 0 Å². The Hall–Kier alpha value is -3.07. The fraction of sp³-hybridized carbons (Fsp3) is 0.296. The Morgan fingerprint density at radius 3 is 2.03 bits per heavy atom. The van der Waals surface area contributed by atoms with Crippen LogP contribution in [0.25, 0.3) is 0 Å². The highest BCUT2D eigenvalue weighted by molar-refractivity contribution is 5.75. The molecule has 0 aliphatic carbocycles. The minimum absolute atomic E-state index is 0.201. The Morgan fingerprint density at radius 1 is 0.867 bits per heavy atom. The zero-order valence-electron chi connectivity index (χ0n) is 18.0. The molecule has 1 amide bonds. The van der Waals surface area contributed by atoms with Crippen molar-refractivity contribution in [2.24, 2.45) is 0 Å². The van der Waals surface area contributed by atoms with Crippen LogP contribution in [-0.4, -0.2) is 24.5 Å². The lowest BCUT2D eigenvalue weighted by atomic mass is 9.89. The van der Waals surface area contributed by atoms with E-state index >= 15 is 0 Å². The molecule has 3 heteroatoms. The molecule has 0 fully saturated rings. The van der Waals surface area contributed by atoms with Crippen molar-refractivity contribution in [1.29, 1.82) is 0 Å². The van der Waals surface area contributed by atoms with Crippen LogP contribution in [0.15, 0.2) is 84.9 Å². The topological polar surface area (TPSA) is 29.5 Å². The predicted molar refractivity (Wildman–Crippen MR) is 123 cm³/mol. The van der Waals surface area contributed by atoms with Gasteiger partial charge in [0.05, 0.1) is 7.11 Å². The minimum atomic E-state index is 0.201. The van der Waals surface area contributed by atoms with Crippen molar-refractivity contribution < 1.29 is 9.53 Å². The molecule has 0 spiro atoms. The maximum absolute atomic E-state index is 12.6. The van der Waals surface area contributed by atoms with Gasteiger partial charge >= 0.3 is 0 Å². The highest BCUT2D eigenvalue weighted by Crippen LogP contribution is 2.27. The number of amides is 1. The van der Waals surface area contributed by atoms with Crippen LogP contribution in [0.1, 0.15) is 42.4 Å². The van der Waals surface area contributed by atoms with Crippen molar-refractivity contribution in [3.05, 3.63) is 102 Å². The fourth-order valence-corrected chi connectivity index (χ4v) is 3.79. The first-order valence-corrected chi connectivity index (χ1v) is 10.7. The van der Waals surface area contributed by atoms with Gasteiger partial charge in [0.1, 0.15) is 5.75 Å². The van der Waals surface area contributed by atoms with Crippen LogP contribution in [0.4, 0.5) is 0 Å². The van der Waals surface area contributed by atoms with Crippen molar-refractivity contribution in [2.75, 3.05) is 13.7 Å². The number of ether oxygens (including phenoxy) is 1. The van der Waals surface area contributed by atoms with E-state index in [0.29, 0.717) is 18.9 Å². The SMILES string of the molecule is CCC(=O)N(CC[C@H](Cc1ccccc1)c1ccc(OC)cc1)Cc1ccccc1. The molecule has 0 aliphatic rings. The Balaban J connectivity index is 1.76. The van der Waals surface area contributed by atoms with Crippen LogP contribution < -0.4 is 4.74 Å². The molecule has 3 nitrogen and oxygen atoms in total. The summed E-state index contributed by atoms with van der Waals surface area (Å²) in [5.41, 5.74) is 3.77. The van der Waals surface area contributed by atoms with E-state index in [0.717, 1.165) is 25.1 Å². The molecule has 0 heterocycles. The molecular weight excluding hydrogens is 370 g/mol. The molecule has 156 valence electrons. The van der Waals surface area contributed by atoms with Gasteiger partial charge in [0.2, 0.25) is 5.91 Å². The van der Waals surface area contributed by atoms with Gasteiger partial charge in [-0.05, 0) is 47.6 Å². The van der Waals surface area contributed by atoms with Crippen LogP contribution in [0.3, 0.4) is 0 Å². The van der Waals surface area contributed by atoms with E-state index < -0.39 is 0 Å². The average molecular weight is 402 g/mol. The first kappa shape index (κ1) is 21.6. The molecule has 0 saturated carbocycles. The summed E-state index contributed by atoms with van der Waals surface area (Å²) in [4.78, 5) is 14.6. The molecule has 3 aromatic carbocycles. The molecule has 0 bridgehead atoms. The molecule has 1 atom stereocenters. The van der Waals surface area contributed by atoms with Crippen molar-refractivity contribution in [3.8, 4) is 5.75 Å². The Morgan fingerprint density at radius 2 is 1.47 bits per heavy atom. The second kappa shape index (κ2) is 11.2. The van der Waals surface area contributed by atoms with Gasteiger partial charge in [-0.25, -0.2) is 0 Å². The molecule has 3 aromatic rings. The van der Waals surface area contributed by atoms with Crippen molar-refractivity contribution >= 4 is 5.91 Å². The van der Waals surface area contributed by atoms with Gasteiger partial charge in [0, 0.05) is 19.5 Å². The molecule has 0 aromatic heterocycles. The van der Waals surface area contributed by atoms with Gasteiger partial charge in [-0.1, -0.05) is 79.7 Å². The lowest BCUT2D eigenvalue weighted by molar-refractivity contribution is -0.131. The lowest BCUT2D eigenvalue weighted by Crippen LogP contribution is -2.31. The third kappa shape index (κ3) is 6.21. The van der Waals surface area contributed by atoms with Crippen LogP contribution in [0, 0.1) is 0 Å². The third-order valence-corrected chi connectivity index (χ3v) is 5.53. The normalized spacial score (nSPS) is 11.7. The Bertz CT molecular complexity index is 891. The van der Waals surface area contributed by atoms with E-state index in [1.54, 1.807) is 7.11 Å². The number of carbonyl (C=O) groups is 1. The van der Waals surface area contributed by atoms with E-state index in [2.05, 4.69) is 48.5 Å². The summed E-state index contributed by atoms with van der Waals surface area (Å²) in [6.07, 6.45) is 2.39. The number of hydrogen-bond donors (Lipinski definition) is 0. The van der Waals surface area contributed by atoms with Crippen molar-refractivity contribution in [2.45, 2.75) is 38.6 Å². The summed E-state index contributed by atoms with van der Waals surface area (Å²) in [5.74, 6) is 1.40. The summed E-state index contributed by atoms with van der Waals surface area (Å²) in [6, 6.07) is 29.1. The van der Waals surface area contributed by atoms with Crippen molar-refractivity contribution in [1.82, 2.24) is 4.90 Å². The highest BCUT2D eigenvalue weighted by atomic mass is 16.5. The summed E-state index contributed by atoms with van der Waals surface area (Å²) >= 11 is 0. The summed E-state index contributed by atoms with van der Waals surface area (Å²) in [5, 5.41) is 0. The van der Waals surface area contributed by atoms with E-state index in [4.69, 9.17) is 4.74 Å². The zero-order chi connectivity index (χ0) is 21.2. The van der Waals surface area contributed by atoms with E-state index in [1.807, 2.05) is 48.2 Å². The summed E-state index contributed by atoms with van der Waals surface area (Å²) < 4.78 is 5.32. The maximum atomic E-state index is 12.6. The molecule has 0 saturated heterocycles. The number of carbonyl (C=O) groups excluding carboxylic acids is 1. The monoisotopic (exact) mass is 401 g/mol. The number of nitrogens with zero attached hydrogens (tertiary/aromatic N) is 1. The Labute approximate surface area is 180 Å². The minimum Gasteiger partial charge on any atom is -0.497 e. The number of methoxy groups -OCH3 is 1. The molecule has 0 N–H and O–H groups in total. The molecule has 0 unspecified atom stereocenters. The van der Waals surface area contributed by atoms with Crippen LogP contribution in [0.2, 0.25) is 0 Å². The number of rotatable bonds is 10. The van der Waals surface area contributed by atoms with Gasteiger partial charge in [-0.3, -0.25) is 4.79 Å². The second-order valence-electron chi connectivity index (χ2n) is 7.60. The zero-order valence-corrected chi connectivity index (χ0v) is 18.0. The number of hydrogen-bond acceptors (Lipinski definition) is 2. The molecule has 3 rings (SSSR count). The van der Waals surface area contributed by atoms with Gasteiger partial charge in [0.25, 0.3) is 0 Å². The van der Waals surface area contributed by atoms with Crippen molar-refractivity contribution in [3.63, 3.8) is 0 Å². The second-order valence-corrected chi connectivity index (χ2v) is 7.60. The average Bonchev–Trinajstić information content (AvgIpc) is 2.81. The molecule has 0 radical (unpaired) electrons. The maximum Gasteiger partial charge on any atom is 0.222 e. The predicted octanol–water partition coefficient (Wildman–Crippen LogP) is 5.85. The molecule has 30 heavy (non-hydrogen) atoms. The molecular formula is C27H31NO2. The van der Waals surface area contributed by atoms with Gasteiger partial charge in [0.15, 0.2) is 0 Å². The summed E-state index contributed by atoms with van der Waals surface area (Å²) in [6.45, 7) is 3.34. The molecule has 0 aliphatic heterocycles. The fourth-order valence-electron chi connectivity index (χ4n) is 3.79. The van der Waals surface area contributed by atoms with Gasteiger partial charge in [-0.15, -0.1) is 0 Å². The Kier molecular flexibility index (Phi) is 8.08. The smallest absolute Gasteiger partial charge is 0.222 e. The standard InChI is InChI=1S/C27H31NO2/c1-3-27(29)28(21-23-12-8-5-9-13-23)19-18-25(20-22-10-6-4-7-11-22)24-14-16-26(30-2)17-15-24/h4-17,25H,3,18-21H2,1-2H3/t25-/m1/s1. The lowest BCUT2D eigenvalue weighted by Gasteiger charge is -2.26.